The smallest absolute Gasteiger partial charge is 0.271 e. The Kier molecular flexibility index (Phi) is 4.27. The second-order valence-corrected chi connectivity index (χ2v) is 6.06. The number of carbonyl (C=O) groups excluding carboxylic acids is 2. The lowest BCUT2D eigenvalue weighted by molar-refractivity contribution is 0.0776. The van der Waals surface area contributed by atoms with E-state index in [4.69, 9.17) is 0 Å². The molecule has 1 aromatic rings. The molecule has 1 heterocycles. The first-order chi connectivity index (χ1) is 8.77. The molecular formula is C14H17NO3S. The van der Waals surface area contributed by atoms with Crippen molar-refractivity contribution in [2.45, 2.75) is 37.4 Å². The van der Waals surface area contributed by atoms with Crippen LogP contribution in [0.15, 0.2) is 24.3 Å². The van der Waals surface area contributed by atoms with E-state index in [9.17, 15) is 9.59 Å². The minimum absolute atomic E-state index is 0. The van der Waals surface area contributed by atoms with Crippen LogP contribution in [0, 0.1) is 0 Å². The fourth-order valence-electron chi connectivity index (χ4n) is 2.58. The Morgan fingerprint density at radius 2 is 1.47 bits per heavy atom. The summed E-state index contributed by atoms with van der Waals surface area (Å²) in [6.07, 6.45) is 5.91. The van der Waals surface area contributed by atoms with Crippen molar-refractivity contribution in [2.75, 3.05) is 0 Å². The number of nitrogens with zero attached hydrogens (tertiary/aromatic N) is 1. The third-order valence-electron chi connectivity index (χ3n) is 3.56. The van der Waals surface area contributed by atoms with Crippen molar-refractivity contribution >= 4 is 23.8 Å². The monoisotopic (exact) mass is 279 g/mol. The molecule has 0 unspecified atom stereocenters. The highest BCUT2D eigenvalue weighted by Gasteiger charge is 2.37. The summed E-state index contributed by atoms with van der Waals surface area (Å²) >= 11 is 1.44. The maximum absolute atomic E-state index is 12.2. The first kappa shape index (κ1) is 14.1. The molecule has 1 aromatic carbocycles. The lowest BCUT2D eigenvalue weighted by Gasteiger charge is -2.24. The topological polar surface area (TPSA) is 68.9 Å². The van der Waals surface area contributed by atoms with Crippen LogP contribution in [0.4, 0.5) is 0 Å². The van der Waals surface area contributed by atoms with Gasteiger partial charge in [-0.05, 0) is 36.9 Å². The van der Waals surface area contributed by atoms with E-state index in [1.54, 1.807) is 24.3 Å². The summed E-state index contributed by atoms with van der Waals surface area (Å²) in [4.78, 5) is 24.3. The fourth-order valence-corrected chi connectivity index (χ4v) is 3.81. The predicted octanol–water partition coefficient (Wildman–Crippen LogP) is 2.44. The third-order valence-corrected chi connectivity index (χ3v) is 4.88. The van der Waals surface area contributed by atoms with Crippen LogP contribution in [0.1, 0.15) is 52.8 Å². The maximum Gasteiger partial charge on any atom is 0.271 e. The highest BCUT2D eigenvalue weighted by molar-refractivity contribution is 7.98. The van der Waals surface area contributed by atoms with Crippen molar-refractivity contribution in [1.29, 1.82) is 0 Å². The van der Waals surface area contributed by atoms with E-state index in [0.717, 1.165) is 12.8 Å². The SMILES string of the molecule is O.O=C1c2ccccc2C(=O)N1SC1CCCCC1. The molecule has 102 valence electrons. The van der Waals surface area contributed by atoms with Crippen molar-refractivity contribution in [3.05, 3.63) is 35.4 Å². The summed E-state index contributed by atoms with van der Waals surface area (Å²) < 4.78 is 1.36. The molecule has 0 atom stereocenters. The van der Waals surface area contributed by atoms with E-state index in [1.165, 1.54) is 35.5 Å². The number of imide groups is 1. The van der Waals surface area contributed by atoms with Gasteiger partial charge in [-0.15, -0.1) is 0 Å². The molecule has 2 amide bonds. The lowest BCUT2D eigenvalue weighted by atomic mass is 10.0. The zero-order valence-corrected chi connectivity index (χ0v) is 11.4. The molecule has 0 radical (unpaired) electrons. The molecule has 0 saturated heterocycles. The van der Waals surface area contributed by atoms with Crippen molar-refractivity contribution in [3.63, 3.8) is 0 Å². The number of benzene rings is 1. The predicted molar refractivity (Wildman–Crippen MR) is 75.0 cm³/mol. The second-order valence-electron chi connectivity index (χ2n) is 4.82. The standard InChI is InChI=1S/C14H15NO2S.H2O/c16-13-11-8-4-5-9-12(11)14(17)15(13)18-10-6-2-1-3-7-10;/h4-5,8-10H,1-3,6-7H2;1H2. The van der Waals surface area contributed by atoms with Crippen molar-refractivity contribution in [3.8, 4) is 0 Å². The average Bonchev–Trinajstić information content (AvgIpc) is 2.66. The number of fused-ring (bicyclic) bond motifs is 1. The lowest BCUT2D eigenvalue weighted by Crippen LogP contribution is -2.26. The number of rotatable bonds is 2. The van der Waals surface area contributed by atoms with Gasteiger partial charge in [-0.3, -0.25) is 9.59 Å². The zero-order valence-electron chi connectivity index (χ0n) is 10.6. The molecule has 19 heavy (non-hydrogen) atoms. The molecule has 1 aliphatic carbocycles. The van der Waals surface area contributed by atoms with E-state index < -0.39 is 0 Å². The molecule has 1 fully saturated rings. The Hall–Kier alpha value is -1.33. The quantitative estimate of drug-likeness (QED) is 0.616. The molecule has 0 spiro atoms. The number of hydrogen-bond donors (Lipinski definition) is 0. The molecule has 0 bridgehead atoms. The molecule has 0 aromatic heterocycles. The number of hydrogen-bond acceptors (Lipinski definition) is 3. The van der Waals surface area contributed by atoms with Gasteiger partial charge in [0.05, 0.1) is 11.1 Å². The highest BCUT2D eigenvalue weighted by Crippen LogP contribution is 2.35. The minimum Gasteiger partial charge on any atom is -0.412 e. The van der Waals surface area contributed by atoms with E-state index in [-0.39, 0.29) is 17.3 Å². The Morgan fingerprint density at radius 1 is 0.947 bits per heavy atom. The molecule has 2 N–H and O–H groups in total. The van der Waals surface area contributed by atoms with Gasteiger partial charge >= 0.3 is 0 Å². The van der Waals surface area contributed by atoms with Gasteiger partial charge in [-0.1, -0.05) is 31.4 Å². The highest BCUT2D eigenvalue weighted by atomic mass is 32.2. The first-order valence-electron chi connectivity index (χ1n) is 6.42. The van der Waals surface area contributed by atoms with Gasteiger partial charge < -0.3 is 5.48 Å². The summed E-state index contributed by atoms with van der Waals surface area (Å²) in [7, 11) is 0. The van der Waals surface area contributed by atoms with Crippen LogP contribution in [0.3, 0.4) is 0 Å². The molecule has 5 heteroatoms. The minimum atomic E-state index is -0.147. The van der Waals surface area contributed by atoms with E-state index >= 15 is 0 Å². The summed E-state index contributed by atoms with van der Waals surface area (Å²) in [6.45, 7) is 0. The Labute approximate surface area is 116 Å². The summed E-state index contributed by atoms with van der Waals surface area (Å²) in [6, 6.07) is 7.07. The largest absolute Gasteiger partial charge is 0.412 e. The molecular weight excluding hydrogens is 262 g/mol. The second kappa shape index (κ2) is 5.75. The van der Waals surface area contributed by atoms with Crippen molar-refractivity contribution < 1.29 is 15.1 Å². The Balaban J connectivity index is 0.00000133. The van der Waals surface area contributed by atoms with Gasteiger partial charge in [-0.25, -0.2) is 4.31 Å². The van der Waals surface area contributed by atoms with Gasteiger partial charge in [0.2, 0.25) is 0 Å². The van der Waals surface area contributed by atoms with Gasteiger partial charge in [0.15, 0.2) is 0 Å². The average molecular weight is 279 g/mol. The van der Waals surface area contributed by atoms with E-state index in [1.807, 2.05) is 0 Å². The van der Waals surface area contributed by atoms with Crippen LogP contribution < -0.4 is 0 Å². The summed E-state index contributed by atoms with van der Waals surface area (Å²) in [5.41, 5.74) is 1.09. The molecule has 2 aliphatic rings. The van der Waals surface area contributed by atoms with Crippen molar-refractivity contribution in [1.82, 2.24) is 4.31 Å². The van der Waals surface area contributed by atoms with Crippen LogP contribution >= 0.6 is 11.9 Å². The number of amides is 2. The molecule has 4 nitrogen and oxygen atoms in total. The van der Waals surface area contributed by atoms with Crippen LogP contribution in [-0.2, 0) is 0 Å². The van der Waals surface area contributed by atoms with Gasteiger partial charge in [0.1, 0.15) is 0 Å². The first-order valence-corrected chi connectivity index (χ1v) is 7.25. The normalized spacial score (nSPS) is 19.3. The zero-order chi connectivity index (χ0) is 12.5. The van der Waals surface area contributed by atoms with Gasteiger partial charge in [0.25, 0.3) is 11.8 Å². The van der Waals surface area contributed by atoms with Crippen molar-refractivity contribution in [2.24, 2.45) is 0 Å². The molecule has 1 saturated carbocycles. The Morgan fingerprint density at radius 3 is 2.00 bits per heavy atom. The van der Waals surface area contributed by atoms with Gasteiger partial charge in [-0.2, -0.15) is 0 Å². The summed E-state index contributed by atoms with van der Waals surface area (Å²) in [5, 5.41) is 0.418. The summed E-state index contributed by atoms with van der Waals surface area (Å²) in [5.74, 6) is -0.294. The third kappa shape index (κ3) is 2.53. The van der Waals surface area contributed by atoms with Crippen LogP contribution in [0.5, 0.6) is 0 Å². The van der Waals surface area contributed by atoms with E-state index in [2.05, 4.69) is 0 Å². The molecule has 1 aliphatic heterocycles. The Bertz CT molecular complexity index is 462. The number of carbonyl (C=O) groups is 2. The van der Waals surface area contributed by atoms with Gasteiger partial charge in [0, 0.05) is 5.25 Å². The van der Waals surface area contributed by atoms with E-state index in [0.29, 0.717) is 16.4 Å². The van der Waals surface area contributed by atoms with Crippen LogP contribution in [0.2, 0.25) is 0 Å². The fraction of sp³-hybridized carbons (Fsp3) is 0.429. The van der Waals surface area contributed by atoms with Crippen LogP contribution in [-0.4, -0.2) is 26.8 Å². The van der Waals surface area contributed by atoms with Crippen LogP contribution in [0.25, 0.3) is 0 Å². The molecule has 3 rings (SSSR count). The maximum atomic E-state index is 12.2.